The van der Waals surface area contributed by atoms with Gasteiger partial charge in [0.05, 0.1) is 21.2 Å². The third kappa shape index (κ3) is 5.06. The van der Waals surface area contributed by atoms with Gasteiger partial charge >= 0.3 is 0 Å². The summed E-state index contributed by atoms with van der Waals surface area (Å²) in [5.74, 6) is -0.669. The number of rotatable bonds is 7. The van der Waals surface area contributed by atoms with E-state index in [1.807, 2.05) is 0 Å². The Morgan fingerprint density at radius 3 is 1.71 bits per heavy atom. The number of carbonyl (C=O) groups is 2. The molecule has 9 nitrogen and oxygen atoms in total. The van der Waals surface area contributed by atoms with Crippen LogP contribution in [0.2, 0.25) is 5.02 Å². The van der Waals surface area contributed by atoms with Crippen LogP contribution in [0.3, 0.4) is 0 Å². The Morgan fingerprint density at radius 2 is 1.18 bits per heavy atom. The van der Waals surface area contributed by atoms with Crippen LogP contribution in [0.25, 0.3) is 0 Å². The maximum Gasteiger partial charge on any atom is 0.261 e. The van der Waals surface area contributed by atoms with Gasteiger partial charge in [-0.3, -0.25) is 23.9 Å². The molecule has 0 radical (unpaired) electrons. The van der Waals surface area contributed by atoms with Gasteiger partial charge in [-0.05, 0) is 66.7 Å². The number of halogens is 1. The van der Waals surface area contributed by atoms with Crippen molar-refractivity contribution in [2.45, 2.75) is 22.6 Å². The second-order valence-corrected chi connectivity index (χ2v) is 11.2. The predicted octanol–water partition coefficient (Wildman–Crippen LogP) is 3.60. The van der Waals surface area contributed by atoms with E-state index < -0.39 is 20.0 Å². The van der Waals surface area contributed by atoms with Crippen molar-refractivity contribution in [2.24, 2.45) is 0 Å². The molecule has 3 aromatic rings. The van der Waals surface area contributed by atoms with Gasteiger partial charge in [-0.2, -0.15) is 0 Å². The zero-order valence-corrected chi connectivity index (χ0v) is 19.8. The number of anilines is 3. The maximum absolute atomic E-state index is 12.7. The van der Waals surface area contributed by atoms with Gasteiger partial charge in [0.15, 0.2) is 0 Å². The van der Waals surface area contributed by atoms with Gasteiger partial charge in [0.2, 0.25) is 11.8 Å². The van der Waals surface area contributed by atoms with Crippen molar-refractivity contribution in [1.82, 2.24) is 0 Å². The first-order valence-corrected chi connectivity index (χ1v) is 13.3. The van der Waals surface area contributed by atoms with Gasteiger partial charge < -0.3 is 0 Å². The lowest BCUT2D eigenvalue weighted by atomic mass is 10.3. The van der Waals surface area contributed by atoms with Crippen molar-refractivity contribution in [1.29, 1.82) is 0 Å². The van der Waals surface area contributed by atoms with Gasteiger partial charge in [0.1, 0.15) is 0 Å². The van der Waals surface area contributed by atoms with Crippen molar-refractivity contribution < 1.29 is 26.4 Å². The third-order valence-electron chi connectivity index (χ3n) is 4.95. The zero-order valence-electron chi connectivity index (χ0n) is 17.4. The highest BCUT2D eigenvalue weighted by Gasteiger charge is 2.30. The Balaban J connectivity index is 1.48. The lowest BCUT2D eigenvalue weighted by molar-refractivity contribution is -0.121. The van der Waals surface area contributed by atoms with E-state index in [2.05, 4.69) is 9.44 Å². The second kappa shape index (κ2) is 9.09. The monoisotopic (exact) mass is 519 g/mol. The van der Waals surface area contributed by atoms with Crippen LogP contribution in [0.1, 0.15) is 12.8 Å². The molecule has 0 aromatic heterocycles. The van der Waals surface area contributed by atoms with Crippen molar-refractivity contribution >= 4 is 60.5 Å². The average Bonchev–Trinajstić information content (AvgIpc) is 3.11. The topological polar surface area (TPSA) is 130 Å². The minimum Gasteiger partial charge on any atom is -0.280 e. The van der Waals surface area contributed by atoms with Crippen LogP contribution in [-0.2, 0) is 29.6 Å². The molecule has 0 aliphatic carbocycles. The van der Waals surface area contributed by atoms with E-state index in [1.54, 1.807) is 18.2 Å². The van der Waals surface area contributed by atoms with Crippen LogP contribution in [0.15, 0.2) is 82.6 Å². The SMILES string of the molecule is O=C1CCC(=O)N1c1ccc(S(=O)(=O)Nc2ccc(S(=O)(=O)Nc3cccc(Cl)c3)cc2)cc1. The summed E-state index contributed by atoms with van der Waals surface area (Å²) >= 11 is 5.87. The predicted molar refractivity (Wildman–Crippen MR) is 128 cm³/mol. The molecule has 1 saturated heterocycles. The number of nitrogens with zero attached hydrogens (tertiary/aromatic N) is 1. The minimum absolute atomic E-state index is 0.0697. The number of amides is 2. The molecular formula is C22H18ClN3O6S2. The molecule has 0 spiro atoms. The Hall–Kier alpha value is -3.41. The summed E-state index contributed by atoms with van der Waals surface area (Å²) in [5.41, 5.74) is 0.738. The first kappa shape index (κ1) is 23.7. The number of benzene rings is 3. The number of sulfonamides is 2. The van der Waals surface area contributed by atoms with Crippen LogP contribution in [0.4, 0.5) is 17.1 Å². The maximum atomic E-state index is 12.7. The number of hydrogen-bond acceptors (Lipinski definition) is 6. The Labute approximate surface area is 201 Å². The van der Waals surface area contributed by atoms with Crippen LogP contribution in [-0.4, -0.2) is 28.6 Å². The first-order valence-electron chi connectivity index (χ1n) is 9.92. The molecule has 1 heterocycles. The van der Waals surface area contributed by atoms with E-state index in [9.17, 15) is 26.4 Å². The standard InChI is InChI=1S/C22H18ClN3O6S2/c23-15-2-1-3-17(14-15)25-34(31,32)19-8-4-16(5-9-19)24-33(29,30)20-10-6-18(7-11-20)26-21(27)12-13-22(26)28/h1-11,14,24-25H,12-13H2. The lowest BCUT2D eigenvalue weighted by Crippen LogP contribution is -2.28. The number of hydrogen-bond donors (Lipinski definition) is 2. The van der Waals surface area contributed by atoms with Crippen LogP contribution < -0.4 is 14.3 Å². The molecule has 4 rings (SSSR count). The largest absolute Gasteiger partial charge is 0.280 e. The van der Waals surface area contributed by atoms with Crippen LogP contribution in [0.5, 0.6) is 0 Å². The molecule has 34 heavy (non-hydrogen) atoms. The zero-order chi connectivity index (χ0) is 24.5. The van der Waals surface area contributed by atoms with Crippen LogP contribution in [0, 0.1) is 0 Å². The molecule has 1 aliphatic rings. The fourth-order valence-corrected chi connectivity index (χ4v) is 5.62. The molecule has 0 bridgehead atoms. The Kier molecular flexibility index (Phi) is 6.34. The lowest BCUT2D eigenvalue weighted by Gasteiger charge is -2.14. The highest BCUT2D eigenvalue weighted by molar-refractivity contribution is 7.93. The minimum atomic E-state index is -4.00. The molecule has 0 saturated carbocycles. The summed E-state index contributed by atoms with van der Waals surface area (Å²) in [4.78, 5) is 24.6. The normalized spacial score (nSPS) is 14.3. The van der Waals surface area contributed by atoms with Gasteiger partial charge in [0, 0.05) is 23.6 Å². The molecule has 1 fully saturated rings. The van der Waals surface area contributed by atoms with Gasteiger partial charge in [-0.15, -0.1) is 0 Å². The molecule has 0 unspecified atom stereocenters. The van der Waals surface area contributed by atoms with Crippen molar-refractivity contribution in [3.05, 3.63) is 77.8 Å². The summed E-state index contributed by atoms with van der Waals surface area (Å²) in [7, 11) is -7.91. The number of carbonyl (C=O) groups excluding carboxylic acids is 2. The fraction of sp³-hybridized carbons (Fsp3) is 0.0909. The smallest absolute Gasteiger partial charge is 0.261 e. The molecule has 2 amide bonds. The second-order valence-electron chi connectivity index (χ2n) is 7.36. The fourth-order valence-electron chi connectivity index (χ4n) is 3.32. The van der Waals surface area contributed by atoms with Gasteiger partial charge in [0.25, 0.3) is 20.0 Å². The van der Waals surface area contributed by atoms with Gasteiger partial charge in [-0.1, -0.05) is 17.7 Å². The van der Waals surface area contributed by atoms with Gasteiger partial charge in [-0.25, -0.2) is 16.8 Å². The summed E-state index contributed by atoms with van der Waals surface area (Å²) in [5, 5.41) is 0.372. The third-order valence-corrected chi connectivity index (χ3v) is 7.98. The van der Waals surface area contributed by atoms with E-state index in [4.69, 9.17) is 11.6 Å². The number of imide groups is 1. The van der Waals surface area contributed by atoms with E-state index >= 15 is 0 Å². The van der Waals surface area contributed by atoms with Crippen molar-refractivity contribution in [2.75, 3.05) is 14.3 Å². The molecular weight excluding hydrogens is 502 g/mol. The first-order chi connectivity index (χ1) is 16.0. The molecule has 3 aromatic carbocycles. The highest BCUT2D eigenvalue weighted by atomic mass is 35.5. The summed E-state index contributed by atoms with van der Waals surface area (Å²) in [6.07, 6.45) is 0.252. The van der Waals surface area contributed by atoms with E-state index in [1.165, 1.54) is 54.6 Å². The average molecular weight is 520 g/mol. The molecule has 12 heteroatoms. The Bertz CT molecular complexity index is 1460. The van der Waals surface area contributed by atoms with E-state index in [0.29, 0.717) is 10.7 Å². The molecule has 1 aliphatic heterocycles. The molecule has 176 valence electrons. The summed E-state index contributed by atoms with van der Waals surface area (Å²) in [6.45, 7) is 0. The molecule has 2 N–H and O–H groups in total. The quantitative estimate of drug-likeness (QED) is 0.459. The number of nitrogens with one attached hydrogen (secondary N) is 2. The van der Waals surface area contributed by atoms with Crippen molar-refractivity contribution in [3.63, 3.8) is 0 Å². The van der Waals surface area contributed by atoms with Crippen LogP contribution >= 0.6 is 11.6 Å². The summed E-state index contributed by atoms with van der Waals surface area (Å²) < 4.78 is 55.3. The Morgan fingerprint density at radius 1 is 0.676 bits per heavy atom. The summed E-state index contributed by atoms with van der Waals surface area (Å²) in [6, 6.07) is 16.7. The highest BCUT2D eigenvalue weighted by Crippen LogP contribution is 2.26. The van der Waals surface area contributed by atoms with Crippen molar-refractivity contribution in [3.8, 4) is 0 Å². The van der Waals surface area contributed by atoms with E-state index in [0.717, 1.165) is 4.90 Å². The molecule has 0 atom stereocenters. The van der Waals surface area contributed by atoms with E-state index in [-0.39, 0.29) is 45.8 Å².